The maximum absolute atomic E-state index is 12.1. The molecule has 6 heteroatoms. The van der Waals surface area contributed by atoms with Crippen molar-refractivity contribution in [1.29, 1.82) is 0 Å². The Morgan fingerprint density at radius 1 is 1.38 bits per heavy atom. The lowest BCUT2D eigenvalue weighted by molar-refractivity contribution is 0.0501. The molecular weight excluding hydrogens is 272 g/mol. The molecule has 2 unspecified atom stereocenters. The van der Waals surface area contributed by atoms with E-state index >= 15 is 0 Å². The van der Waals surface area contributed by atoms with Crippen LogP contribution in [0.25, 0.3) is 0 Å². The number of aromatic hydroxyl groups is 1. The van der Waals surface area contributed by atoms with Crippen molar-refractivity contribution in [1.82, 2.24) is 10.2 Å². The Kier molecular flexibility index (Phi) is 5.03. The zero-order valence-corrected chi connectivity index (χ0v) is 12.4. The minimum atomic E-state index is -0.874. The Hall–Kier alpha value is -1.79. The monoisotopic (exact) mass is 294 g/mol. The van der Waals surface area contributed by atoms with Crippen molar-refractivity contribution in [3.63, 3.8) is 0 Å². The number of urea groups is 1. The number of carbonyl (C=O) groups is 1. The molecule has 2 amide bonds. The third-order valence-corrected chi connectivity index (χ3v) is 3.70. The molecule has 1 aromatic carbocycles. The van der Waals surface area contributed by atoms with Crippen molar-refractivity contribution >= 4 is 6.03 Å². The van der Waals surface area contributed by atoms with E-state index in [4.69, 9.17) is 4.74 Å². The van der Waals surface area contributed by atoms with E-state index in [1.165, 1.54) is 6.07 Å². The van der Waals surface area contributed by atoms with Crippen LogP contribution in [0.5, 0.6) is 5.75 Å². The van der Waals surface area contributed by atoms with Crippen LogP contribution in [0.1, 0.15) is 24.2 Å². The van der Waals surface area contributed by atoms with E-state index in [0.29, 0.717) is 31.9 Å². The summed E-state index contributed by atoms with van der Waals surface area (Å²) in [6.07, 6.45) is -0.874. The van der Waals surface area contributed by atoms with Gasteiger partial charge in [-0.15, -0.1) is 0 Å². The van der Waals surface area contributed by atoms with Gasteiger partial charge >= 0.3 is 6.03 Å². The van der Waals surface area contributed by atoms with Gasteiger partial charge in [0.1, 0.15) is 5.75 Å². The molecule has 3 N–H and O–H groups in total. The minimum absolute atomic E-state index is 0.137. The van der Waals surface area contributed by atoms with E-state index in [-0.39, 0.29) is 11.8 Å². The molecule has 1 aliphatic heterocycles. The molecule has 116 valence electrons. The predicted molar refractivity (Wildman–Crippen MR) is 78.2 cm³/mol. The van der Waals surface area contributed by atoms with Crippen molar-refractivity contribution in [2.24, 2.45) is 0 Å². The van der Waals surface area contributed by atoms with E-state index in [2.05, 4.69) is 5.32 Å². The van der Waals surface area contributed by atoms with Crippen LogP contribution in [0, 0.1) is 6.92 Å². The number of aliphatic hydroxyl groups is 1. The Bertz CT molecular complexity index is 500. The molecule has 21 heavy (non-hydrogen) atoms. The highest BCUT2D eigenvalue weighted by Gasteiger charge is 2.23. The predicted octanol–water partition coefficient (Wildman–Crippen LogP) is 1.16. The fourth-order valence-corrected chi connectivity index (χ4v) is 2.23. The van der Waals surface area contributed by atoms with Crippen LogP contribution in [-0.4, -0.2) is 53.5 Å². The Morgan fingerprint density at radius 2 is 2.05 bits per heavy atom. The zero-order chi connectivity index (χ0) is 15.4. The molecule has 0 saturated carbocycles. The van der Waals surface area contributed by atoms with Crippen LogP contribution in [-0.2, 0) is 4.74 Å². The SMILES string of the molecule is Cc1ccc(C(O)C(C)NC(=O)N2CCOCC2)cc1O. The molecule has 1 saturated heterocycles. The normalized spacial score (nSPS) is 18.1. The van der Waals surface area contributed by atoms with Gasteiger partial charge in [0, 0.05) is 13.1 Å². The van der Waals surface area contributed by atoms with Crippen molar-refractivity contribution < 1.29 is 19.7 Å². The van der Waals surface area contributed by atoms with Crippen LogP contribution in [0.3, 0.4) is 0 Å². The zero-order valence-electron chi connectivity index (χ0n) is 12.4. The van der Waals surface area contributed by atoms with Gasteiger partial charge in [-0.25, -0.2) is 4.79 Å². The summed E-state index contributed by atoms with van der Waals surface area (Å²) in [5.74, 6) is 0.137. The molecule has 0 aliphatic carbocycles. The lowest BCUT2D eigenvalue weighted by Gasteiger charge is -2.29. The largest absolute Gasteiger partial charge is 0.508 e. The molecule has 1 fully saturated rings. The number of nitrogens with one attached hydrogen (secondary N) is 1. The second kappa shape index (κ2) is 6.78. The average molecular weight is 294 g/mol. The van der Waals surface area contributed by atoms with Crippen LogP contribution in [0.2, 0.25) is 0 Å². The molecule has 2 atom stereocenters. The fourth-order valence-electron chi connectivity index (χ4n) is 2.23. The van der Waals surface area contributed by atoms with Crippen molar-refractivity contribution in [2.45, 2.75) is 26.0 Å². The minimum Gasteiger partial charge on any atom is -0.508 e. The third kappa shape index (κ3) is 3.86. The summed E-state index contributed by atoms with van der Waals surface area (Å²) in [5, 5.41) is 22.8. The summed E-state index contributed by atoms with van der Waals surface area (Å²) < 4.78 is 5.20. The van der Waals surface area contributed by atoms with Crippen LogP contribution in [0.15, 0.2) is 18.2 Å². The summed E-state index contributed by atoms with van der Waals surface area (Å²) in [7, 11) is 0. The van der Waals surface area contributed by atoms with Gasteiger partial charge < -0.3 is 25.2 Å². The van der Waals surface area contributed by atoms with Gasteiger partial charge in [0.2, 0.25) is 0 Å². The first kappa shape index (κ1) is 15.6. The van der Waals surface area contributed by atoms with Crippen LogP contribution >= 0.6 is 0 Å². The van der Waals surface area contributed by atoms with Crippen molar-refractivity contribution in [2.75, 3.05) is 26.3 Å². The summed E-state index contributed by atoms with van der Waals surface area (Å²) in [5.41, 5.74) is 1.32. The number of aliphatic hydroxyl groups excluding tert-OH is 1. The lowest BCUT2D eigenvalue weighted by atomic mass is 10.0. The van der Waals surface area contributed by atoms with Gasteiger partial charge in [-0.1, -0.05) is 12.1 Å². The molecule has 6 nitrogen and oxygen atoms in total. The Balaban J connectivity index is 1.96. The number of hydrogen-bond donors (Lipinski definition) is 3. The van der Waals surface area contributed by atoms with Crippen LogP contribution in [0.4, 0.5) is 4.79 Å². The highest BCUT2D eigenvalue weighted by Crippen LogP contribution is 2.24. The molecule has 0 spiro atoms. The van der Waals surface area contributed by atoms with Gasteiger partial charge in [0.05, 0.1) is 25.4 Å². The number of rotatable bonds is 3. The average Bonchev–Trinajstić information content (AvgIpc) is 2.50. The number of hydrogen-bond acceptors (Lipinski definition) is 4. The third-order valence-electron chi connectivity index (χ3n) is 3.70. The first-order chi connectivity index (χ1) is 9.99. The Labute approximate surface area is 124 Å². The highest BCUT2D eigenvalue weighted by atomic mass is 16.5. The molecule has 0 radical (unpaired) electrons. The number of aryl methyl sites for hydroxylation is 1. The number of carbonyl (C=O) groups excluding carboxylic acids is 1. The highest BCUT2D eigenvalue weighted by molar-refractivity contribution is 5.74. The number of ether oxygens (including phenoxy) is 1. The lowest BCUT2D eigenvalue weighted by Crippen LogP contribution is -2.49. The number of nitrogens with zero attached hydrogens (tertiary/aromatic N) is 1. The van der Waals surface area contributed by atoms with E-state index in [1.807, 2.05) is 0 Å². The fraction of sp³-hybridized carbons (Fsp3) is 0.533. The van der Waals surface area contributed by atoms with Gasteiger partial charge in [0.15, 0.2) is 0 Å². The molecule has 0 bridgehead atoms. The van der Waals surface area contributed by atoms with E-state index in [0.717, 1.165) is 5.56 Å². The molecule has 1 aliphatic rings. The van der Waals surface area contributed by atoms with Gasteiger partial charge in [-0.2, -0.15) is 0 Å². The Morgan fingerprint density at radius 3 is 2.67 bits per heavy atom. The maximum atomic E-state index is 12.1. The number of phenols is 1. The number of benzene rings is 1. The molecule has 0 aromatic heterocycles. The summed E-state index contributed by atoms with van der Waals surface area (Å²) in [6, 6.07) is 4.35. The molecule has 1 heterocycles. The molecular formula is C15H22N2O4. The van der Waals surface area contributed by atoms with E-state index in [1.54, 1.807) is 30.9 Å². The van der Waals surface area contributed by atoms with E-state index in [9.17, 15) is 15.0 Å². The summed E-state index contributed by atoms with van der Waals surface area (Å²) in [4.78, 5) is 13.7. The standard InChI is InChI=1S/C15H22N2O4/c1-10-3-4-12(9-13(10)18)14(19)11(2)16-15(20)17-5-7-21-8-6-17/h3-4,9,11,14,18-19H,5-8H2,1-2H3,(H,16,20). The molecule has 1 aromatic rings. The maximum Gasteiger partial charge on any atom is 0.317 e. The first-order valence-corrected chi connectivity index (χ1v) is 7.10. The van der Waals surface area contributed by atoms with Gasteiger partial charge in [-0.05, 0) is 31.0 Å². The topological polar surface area (TPSA) is 82.0 Å². The van der Waals surface area contributed by atoms with Crippen molar-refractivity contribution in [3.05, 3.63) is 29.3 Å². The van der Waals surface area contributed by atoms with E-state index < -0.39 is 12.1 Å². The van der Waals surface area contributed by atoms with Crippen LogP contribution < -0.4 is 5.32 Å². The first-order valence-electron chi connectivity index (χ1n) is 7.10. The van der Waals surface area contributed by atoms with Gasteiger partial charge in [0.25, 0.3) is 0 Å². The van der Waals surface area contributed by atoms with Crippen molar-refractivity contribution in [3.8, 4) is 5.75 Å². The number of morpholine rings is 1. The number of amides is 2. The quantitative estimate of drug-likeness (QED) is 0.781. The smallest absolute Gasteiger partial charge is 0.317 e. The second-order valence-electron chi connectivity index (χ2n) is 5.33. The van der Waals surface area contributed by atoms with Gasteiger partial charge in [-0.3, -0.25) is 0 Å². The second-order valence-corrected chi connectivity index (χ2v) is 5.33. The summed E-state index contributed by atoms with van der Waals surface area (Å²) >= 11 is 0. The molecule has 2 rings (SSSR count). The number of phenolic OH excluding ortho intramolecular Hbond substituents is 1. The summed E-state index contributed by atoms with van der Waals surface area (Å²) in [6.45, 7) is 5.71.